The molecule has 0 unspecified atom stereocenters. The zero-order valence-electron chi connectivity index (χ0n) is 20.0. The van der Waals surface area contributed by atoms with Crippen molar-refractivity contribution in [1.29, 1.82) is 0 Å². The first-order chi connectivity index (χ1) is 15.4. The lowest BCUT2D eigenvalue weighted by Crippen LogP contribution is -2.47. The Morgan fingerprint density at radius 2 is 1.69 bits per heavy atom. The number of piperidine rings is 1. The van der Waals surface area contributed by atoms with Crippen LogP contribution in [0.15, 0.2) is 42.5 Å². The zero-order valence-corrected chi connectivity index (χ0v) is 20.0. The number of likely N-dealkylation sites (tertiary alicyclic amines) is 1. The molecule has 1 heterocycles. The van der Waals surface area contributed by atoms with Gasteiger partial charge in [0, 0.05) is 49.4 Å². The van der Waals surface area contributed by atoms with Crippen molar-refractivity contribution in [2.75, 3.05) is 39.3 Å². The molecular weight excluding hydrogens is 404 g/mol. The van der Waals surface area contributed by atoms with Crippen LogP contribution < -0.4 is 19.1 Å². The number of rotatable bonds is 9. The van der Waals surface area contributed by atoms with Gasteiger partial charge in [-0.2, -0.15) is 0 Å². The Morgan fingerprint density at radius 1 is 1.00 bits per heavy atom. The summed E-state index contributed by atoms with van der Waals surface area (Å²) in [7, 11) is 5.03. The molecule has 1 aliphatic rings. The van der Waals surface area contributed by atoms with Crippen LogP contribution in [-0.4, -0.2) is 51.3 Å². The third-order valence-electron chi connectivity index (χ3n) is 5.99. The van der Waals surface area contributed by atoms with E-state index in [9.17, 15) is 4.79 Å². The molecule has 0 N–H and O–H groups in total. The minimum absolute atomic E-state index is 0.178. The molecule has 3 rings (SSSR count). The summed E-state index contributed by atoms with van der Waals surface area (Å²) in [6.07, 6.45) is 2.39. The summed E-state index contributed by atoms with van der Waals surface area (Å²) in [4.78, 5) is 17.6. The van der Waals surface area contributed by atoms with Crippen LogP contribution in [0.2, 0.25) is 0 Å². The number of benzene rings is 2. The lowest BCUT2D eigenvalue weighted by molar-refractivity contribution is -0.120. The molecule has 0 radical (unpaired) electrons. The van der Waals surface area contributed by atoms with Crippen LogP contribution in [0.3, 0.4) is 0 Å². The number of anilines is 1. The van der Waals surface area contributed by atoms with Crippen LogP contribution in [0.5, 0.6) is 17.2 Å². The van der Waals surface area contributed by atoms with Crippen LogP contribution in [-0.2, 0) is 11.3 Å². The zero-order chi connectivity index (χ0) is 23.1. The lowest BCUT2D eigenvalue weighted by atomic mass is 9.99. The maximum absolute atomic E-state index is 13.2. The average molecular weight is 441 g/mol. The fourth-order valence-corrected chi connectivity index (χ4v) is 4.35. The smallest absolute Gasteiger partial charge is 0.227 e. The Kier molecular flexibility index (Phi) is 8.39. The number of amides is 1. The number of nitrogens with zero attached hydrogens (tertiary/aromatic N) is 2. The second-order valence-electron chi connectivity index (χ2n) is 8.75. The first-order valence-corrected chi connectivity index (χ1v) is 11.3. The molecule has 1 saturated heterocycles. The molecule has 2 aromatic carbocycles. The minimum Gasteiger partial charge on any atom is -0.497 e. The van der Waals surface area contributed by atoms with Gasteiger partial charge in [0.2, 0.25) is 5.91 Å². The Bertz CT molecular complexity index is 891. The number of ether oxygens (including phenoxy) is 3. The molecule has 0 spiro atoms. The van der Waals surface area contributed by atoms with Gasteiger partial charge in [-0.05, 0) is 49.1 Å². The van der Waals surface area contributed by atoms with Gasteiger partial charge in [-0.25, -0.2) is 0 Å². The molecule has 32 heavy (non-hydrogen) atoms. The highest BCUT2D eigenvalue weighted by atomic mass is 16.5. The monoisotopic (exact) mass is 440 g/mol. The van der Waals surface area contributed by atoms with Gasteiger partial charge in [0.15, 0.2) is 0 Å². The summed E-state index contributed by atoms with van der Waals surface area (Å²) in [5, 5.41) is 0. The molecule has 0 aliphatic carbocycles. The first-order valence-electron chi connectivity index (χ1n) is 11.3. The van der Waals surface area contributed by atoms with Gasteiger partial charge >= 0.3 is 0 Å². The Hall–Kier alpha value is -2.73. The average Bonchev–Trinajstić information content (AvgIpc) is 2.80. The Labute approximate surface area is 192 Å². The molecule has 1 aliphatic heterocycles. The van der Waals surface area contributed by atoms with Crippen LogP contribution >= 0.6 is 0 Å². The van der Waals surface area contributed by atoms with Gasteiger partial charge in [0.05, 0.1) is 21.3 Å². The van der Waals surface area contributed by atoms with Crippen molar-refractivity contribution in [2.45, 2.75) is 45.7 Å². The van der Waals surface area contributed by atoms with Gasteiger partial charge in [-0.1, -0.05) is 19.9 Å². The maximum Gasteiger partial charge on any atom is 0.227 e. The Morgan fingerprint density at radius 3 is 2.31 bits per heavy atom. The predicted molar refractivity (Wildman–Crippen MR) is 128 cm³/mol. The van der Waals surface area contributed by atoms with E-state index in [0.717, 1.165) is 61.0 Å². The maximum atomic E-state index is 13.2. The molecule has 0 aromatic heterocycles. The van der Waals surface area contributed by atoms with Crippen molar-refractivity contribution >= 4 is 11.6 Å². The molecule has 1 fully saturated rings. The summed E-state index contributed by atoms with van der Waals surface area (Å²) in [6, 6.07) is 13.9. The van der Waals surface area contributed by atoms with E-state index in [1.807, 2.05) is 47.4 Å². The molecule has 6 heteroatoms. The highest BCUT2D eigenvalue weighted by molar-refractivity contribution is 5.94. The molecule has 0 atom stereocenters. The quantitative estimate of drug-likeness (QED) is 0.563. The largest absolute Gasteiger partial charge is 0.497 e. The molecular formula is C26H36N2O4. The van der Waals surface area contributed by atoms with Crippen molar-refractivity contribution in [3.05, 3.63) is 48.0 Å². The second kappa shape index (κ2) is 11.2. The van der Waals surface area contributed by atoms with Gasteiger partial charge in [0.25, 0.3) is 0 Å². The van der Waals surface area contributed by atoms with Crippen LogP contribution in [0.25, 0.3) is 0 Å². The summed E-state index contributed by atoms with van der Waals surface area (Å²) < 4.78 is 16.3. The number of hydrogen-bond donors (Lipinski definition) is 0. The van der Waals surface area contributed by atoms with E-state index in [1.165, 1.54) is 0 Å². The van der Waals surface area contributed by atoms with Crippen molar-refractivity contribution in [2.24, 2.45) is 5.92 Å². The first kappa shape index (κ1) is 23.9. The summed E-state index contributed by atoms with van der Waals surface area (Å²) in [5.74, 6) is 2.97. The third-order valence-corrected chi connectivity index (χ3v) is 5.99. The number of carbonyl (C=O) groups is 1. The molecule has 1 amide bonds. The topological polar surface area (TPSA) is 51.2 Å². The van der Waals surface area contributed by atoms with E-state index in [4.69, 9.17) is 14.2 Å². The van der Waals surface area contributed by atoms with Gasteiger partial charge in [-0.3, -0.25) is 9.69 Å². The highest BCUT2D eigenvalue weighted by Gasteiger charge is 2.30. The Balaban J connectivity index is 1.73. The van der Waals surface area contributed by atoms with E-state index in [1.54, 1.807) is 21.3 Å². The number of methoxy groups -OCH3 is 3. The van der Waals surface area contributed by atoms with Crippen molar-refractivity contribution < 1.29 is 19.0 Å². The molecule has 174 valence electrons. The van der Waals surface area contributed by atoms with Gasteiger partial charge < -0.3 is 19.1 Å². The fourth-order valence-electron chi connectivity index (χ4n) is 4.35. The van der Waals surface area contributed by atoms with Crippen LogP contribution in [0, 0.1) is 5.92 Å². The van der Waals surface area contributed by atoms with Gasteiger partial charge in [-0.15, -0.1) is 0 Å². The molecule has 0 bridgehead atoms. The summed E-state index contributed by atoms with van der Waals surface area (Å²) >= 11 is 0. The van der Waals surface area contributed by atoms with E-state index < -0.39 is 0 Å². The standard InChI is InChI=1S/C26H36N2O4/c1-19(2)15-26(29)28(22-7-6-8-23(17-22)30-3)21-11-13-27(14-12-21)18-20-16-24(31-4)9-10-25(20)32-5/h6-10,16-17,19,21H,11-15,18H2,1-5H3. The second-order valence-corrected chi connectivity index (χ2v) is 8.75. The van der Waals surface area contributed by atoms with E-state index in [0.29, 0.717) is 12.3 Å². The summed E-state index contributed by atoms with van der Waals surface area (Å²) in [6.45, 7) is 6.81. The fraction of sp³-hybridized carbons (Fsp3) is 0.500. The third kappa shape index (κ3) is 5.94. The van der Waals surface area contributed by atoms with Crippen LogP contribution in [0.1, 0.15) is 38.7 Å². The van der Waals surface area contributed by atoms with Crippen molar-refractivity contribution in [3.63, 3.8) is 0 Å². The van der Waals surface area contributed by atoms with Crippen molar-refractivity contribution in [1.82, 2.24) is 4.90 Å². The minimum atomic E-state index is 0.178. The number of carbonyl (C=O) groups excluding carboxylic acids is 1. The number of hydrogen-bond acceptors (Lipinski definition) is 5. The van der Waals surface area contributed by atoms with Crippen molar-refractivity contribution in [3.8, 4) is 17.2 Å². The SMILES string of the molecule is COc1cccc(N(C(=O)CC(C)C)C2CCN(Cc3cc(OC)ccc3OC)CC2)c1. The van der Waals surface area contributed by atoms with Crippen LogP contribution in [0.4, 0.5) is 5.69 Å². The highest BCUT2D eigenvalue weighted by Crippen LogP contribution is 2.30. The van der Waals surface area contributed by atoms with E-state index in [2.05, 4.69) is 18.7 Å². The molecule has 2 aromatic rings. The summed E-state index contributed by atoms with van der Waals surface area (Å²) in [5.41, 5.74) is 2.04. The predicted octanol–water partition coefficient (Wildman–Crippen LogP) is 4.76. The molecule has 0 saturated carbocycles. The van der Waals surface area contributed by atoms with E-state index >= 15 is 0 Å². The molecule has 6 nitrogen and oxygen atoms in total. The normalized spacial score (nSPS) is 14.9. The van der Waals surface area contributed by atoms with E-state index in [-0.39, 0.29) is 11.9 Å². The van der Waals surface area contributed by atoms with Gasteiger partial charge in [0.1, 0.15) is 17.2 Å². The lowest BCUT2D eigenvalue weighted by Gasteiger charge is -2.39.